The summed E-state index contributed by atoms with van der Waals surface area (Å²) in [5.74, 6) is 1.17. The van der Waals surface area contributed by atoms with Gasteiger partial charge in [-0.25, -0.2) is 0 Å². The normalized spacial score (nSPS) is 10.7. The highest BCUT2D eigenvalue weighted by Crippen LogP contribution is 2.38. The highest BCUT2D eigenvalue weighted by Gasteiger charge is 2.13. The van der Waals surface area contributed by atoms with Crippen LogP contribution in [-0.2, 0) is 16.1 Å². The fraction of sp³-hybridized carbons (Fsp3) is 0.217. The first-order chi connectivity index (χ1) is 16.5. The molecule has 0 fully saturated rings. The molecule has 0 aliphatic heterocycles. The van der Waals surface area contributed by atoms with Crippen LogP contribution in [0.25, 0.3) is 6.08 Å². The van der Waals surface area contributed by atoms with E-state index in [-0.39, 0.29) is 17.6 Å². The van der Waals surface area contributed by atoms with Gasteiger partial charge in [-0.05, 0) is 29.3 Å². The smallest absolute Gasteiger partial charge is 0.250 e. The van der Waals surface area contributed by atoms with E-state index >= 15 is 0 Å². The number of hydrogen-bond donors (Lipinski definition) is 2. The number of carbonyl (C=O) groups excluding carboxylic acids is 2. The number of nitrogens with zero attached hydrogens (tertiary/aromatic N) is 2. The molecular formula is C23H24N4O5S2. The molecule has 3 aromatic rings. The Balaban J connectivity index is 1.50. The lowest BCUT2D eigenvalue weighted by Gasteiger charge is -2.12. The van der Waals surface area contributed by atoms with Crippen molar-refractivity contribution in [2.75, 3.05) is 32.4 Å². The first kappa shape index (κ1) is 25.1. The quantitative estimate of drug-likeness (QED) is 0.233. The molecule has 178 valence electrons. The predicted molar refractivity (Wildman–Crippen MR) is 133 cm³/mol. The zero-order chi connectivity index (χ0) is 24.3. The number of amides is 2. The Morgan fingerprint density at radius 2 is 1.74 bits per heavy atom. The first-order valence-corrected chi connectivity index (χ1v) is 11.9. The van der Waals surface area contributed by atoms with E-state index in [2.05, 4.69) is 20.8 Å². The van der Waals surface area contributed by atoms with Gasteiger partial charge in [-0.1, -0.05) is 53.4 Å². The number of carbonyl (C=O) groups is 2. The summed E-state index contributed by atoms with van der Waals surface area (Å²) in [6.45, 7) is 0.468. The Labute approximate surface area is 205 Å². The molecule has 3 rings (SSSR count). The first-order valence-electron chi connectivity index (χ1n) is 10.1. The van der Waals surface area contributed by atoms with Gasteiger partial charge in [0.05, 0.1) is 27.1 Å². The van der Waals surface area contributed by atoms with E-state index in [9.17, 15) is 9.59 Å². The molecule has 0 aliphatic carbocycles. The number of rotatable bonds is 11. The molecule has 0 aliphatic rings. The molecule has 0 bridgehead atoms. The van der Waals surface area contributed by atoms with Crippen LogP contribution in [0.15, 0.2) is 52.9 Å². The lowest BCUT2D eigenvalue weighted by molar-refractivity contribution is -0.118. The van der Waals surface area contributed by atoms with Crippen molar-refractivity contribution in [3.8, 4) is 17.2 Å². The summed E-state index contributed by atoms with van der Waals surface area (Å²) in [4.78, 5) is 24.3. The van der Waals surface area contributed by atoms with Gasteiger partial charge >= 0.3 is 0 Å². The van der Waals surface area contributed by atoms with Gasteiger partial charge in [0.2, 0.25) is 22.7 Å². The van der Waals surface area contributed by atoms with Crippen molar-refractivity contribution >= 4 is 46.1 Å². The highest BCUT2D eigenvalue weighted by molar-refractivity contribution is 8.01. The highest BCUT2D eigenvalue weighted by atomic mass is 32.2. The predicted octanol–water partition coefficient (Wildman–Crippen LogP) is 3.62. The molecule has 2 amide bonds. The number of aromatic nitrogens is 2. The van der Waals surface area contributed by atoms with Gasteiger partial charge < -0.3 is 19.5 Å². The Morgan fingerprint density at radius 1 is 1.03 bits per heavy atom. The third-order valence-electron chi connectivity index (χ3n) is 4.41. The molecule has 0 saturated carbocycles. The van der Waals surface area contributed by atoms with Gasteiger partial charge in [0.25, 0.3) is 0 Å². The molecule has 34 heavy (non-hydrogen) atoms. The van der Waals surface area contributed by atoms with Crippen molar-refractivity contribution in [2.45, 2.75) is 10.9 Å². The fourth-order valence-electron chi connectivity index (χ4n) is 2.81. The van der Waals surface area contributed by atoms with Crippen LogP contribution in [0.5, 0.6) is 17.2 Å². The van der Waals surface area contributed by atoms with Crippen LogP contribution in [0.4, 0.5) is 5.13 Å². The zero-order valence-electron chi connectivity index (χ0n) is 18.9. The van der Waals surface area contributed by atoms with Gasteiger partial charge in [-0.2, -0.15) is 0 Å². The largest absolute Gasteiger partial charge is 0.493 e. The number of benzene rings is 2. The molecule has 2 aromatic carbocycles. The molecule has 1 heterocycles. The molecule has 0 radical (unpaired) electrons. The van der Waals surface area contributed by atoms with Crippen LogP contribution in [0.3, 0.4) is 0 Å². The van der Waals surface area contributed by atoms with Crippen molar-refractivity contribution in [1.29, 1.82) is 0 Å². The van der Waals surface area contributed by atoms with Crippen molar-refractivity contribution in [1.82, 2.24) is 15.5 Å². The van der Waals surface area contributed by atoms with Gasteiger partial charge in [0, 0.05) is 12.6 Å². The van der Waals surface area contributed by atoms with Crippen LogP contribution >= 0.6 is 23.1 Å². The summed E-state index contributed by atoms with van der Waals surface area (Å²) in [5.41, 5.74) is 1.72. The van der Waals surface area contributed by atoms with Gasteiger partial charge in [-0.15, -0.1) is 10.2 Å². The Morgan fingerprint density at radius 3 is 2.38 bits per heavy atom. The van der Waals surface area contributed by atoms with Crippen LogP contribution < -0.4 is 24.8 Å². The lowest BCUT2D eigenvalue weighted by Crippen LogP contribution is -2.24. The summed E-state index contributed by atoms with van der Waals surface area (Å²) in [7, 11) is 4.57. The number of ether oxygens (including phenoxy) is 3. The maximum absolute atomic E-state index is 12.3. The van der Waals surface area contributed by atoms with E-state index in [0.29, 0.717) is 38.8 Å². The number of thioether (sulfide) groups is 1. The molecule has 0 spiro atoms. The van der Waals surface area contributed by atoms with Gasteiger partial charge in [0.1, 0.15) is 0 Å². The van der Waals surface area contributed by atoms with Crippen LogP contribution in [0.2, 0.25) is 0 Å². The maximum atomic E-state index is 12.3. The molecule has 9 nitrogen and oxygen atoms in total. The average molecular weight is 501 g/mol. The number of anilines is 1. The zero-order valence-corrected chi connectivity index (χ0v) is 20.5. The summed E-state index contributed by atoms with van der Waals surface area (Å²) in [6, 6.07) is 13.1. The minimum absolute atomic E-state index is 0.108. The number of methoxy groups -OCH3 is 3. The monoisotopic (exact) mass is 500 g/mol. The van der Waals surface area contributed by atoms with E-state index in [1.165, 1.54) is 50.5 Å². The van der Waals surface area contributed by atoms with Crippen LogP contribution in [0.1, 0.15) is 11.1 Å². The fourth-order valence-corrected chi connectivity index (χ4v) is 4.39. The maximum Gasteiger partial charge on any atom is 0.250 e. The second-order valence-corrected chi connectivity index (χ2v) is 8.91. The molecule has 0 atom stereocenters. The molecule has 2 N–H and O–H groups in total. The lowest BCUT2D eigenvalue weighted by atomic mass is 10.1. The molecular weight excluding hydrogens is 476 g/mol. The standard InChI is InChI=1S/C23H24N4O5S2/c1-30-17-11-16(12-18(31-2)21(17)32-3)9-10-19(28)25-22-26-27-23(34-22)33-14-20(29)24-13-15-7-5-4-6-8-15/h4-12H,13-14H2,1-3H3,(H,24,29)(H,25,26,28)/b10-9+. The van der Waals surface area contributed by atoms with E-state index < -0.39 is 0 Å². The Bertz CT molecular complexity index is 1130. The SMILES string of the molecule is COc1cc(/C=C/C(=O)Nc2nnc(SCC(=O)NCc3ccccc3)s2)cc(OC)c1OC. The van der Waals surface area contributed by atoms with Crippen molar-refractivity contribution in [3.05, 3.63) is 59.7 Å². The number of nitrogens with one attached hydrogen (secondary N) is 2. The topological polar surface area (TPSA) is 112 Å². The molecule has 0 saturated heterocycles. The van der Waals surface area contributed by atoms with E-state index in [1.54, 1.807) is 18.2 Å². The minimum Gasteiger partial charge on any atom is -0.493 e. The molecule has 0 unspecified atom stereocenters. The van der Waals surface area contributed by atoms with E-state index in [4.69, 9.17) is 14.2 Å². The summed E-state index contributed by atoms with van der Waals surface area (Å²) in [6.07, 6.45) is 2.99. The summed E-state index contributed by atoms with van der Waals surface area (Å²) in [5, 5.41) is 13.8. The van der Waals surface area contributed by atoms with Crippen molar-refractivity contribution in [3.63, 3.8) is 0 Å². The van der Waals surface area contributed by atoms with Gasteiger partial charge in [-0.3, -0.25) is 14.9 Å². The second-order valence-electron chi connectivity index (χ2n) is 6.71. The van der Waals surface area contributed by atoms with Crippen LogP contribution in [0, 0.1) is 0 Å². The third-order valence-corrected chi connectivity index (χ3v) is 6.38. The van der Waals surface area contributed by atoms with Crippen molar-refractivity contribution in [2.24, 2.45) is 0 Å². The second kappa shape index (κ2) is 12.6. The molecule has 11 heteroatoms. The number of hydrogen-bond acceptors (Lipinski definition) is 9. The third kappa shape index (κ3) is 7.22. The van der Waals surface area contributed by atoms with E-state index in [0.717, 1.165) is 5.56 Å². The van der Waals surface area contributed by atoms with Crippen LogP contribution in [-0.4, -0.2) is 49.1 Å². The van der Waals surface area contributed by atoms with E-state index in [1.807, 2.05) is 30.3 Å². The van der Waals surface area contributed by atoms with Gasteiger partial charge in [0.15, 0.2) is 15.8 Å². The van der Waals surface area contributed by atoms with Crippen molar-refractivity contribution < 1.29 is 23.8 Å². The Kier molecular flexibility index (Phi) is 9.30. The molecule has 1 aromatic heterocycles. The minimum atomic E-state index is -0.373. The summed E-state index contributed by atoms with van der Waals surface area (Å²) >= 11 is 2.45. The average Bonchev–Trinajstić information content (AvgIpc) is 3.31. The summed E-state index contributed by atoms with van der Waals surface area (Å²) < 4.78 is 16.5. The Hall–Kier alpha value is -3.57.